The van der Waals surface area contributed by atoms with Gasteiger partial charge in [-0.15, -0.1) is 0 Å². The Morgan fingerprint density at radius 1 is 0.846 bits per heavy atom. The van der Waals surface area contributed by atoms with Gasteiger partial charge in [-0.2, -0.15) is 0 Å². The van der Waals surface area contributed by atoms with Crippen molar-refractivity contribution in [3.63, 3.8) is 0 Å². The Morgan fingerprint density at radius 3 is 1.77 bits per heavy atom. The first-order chi connectivity index (χ1) is 6.45. The van der Waals surface area contributed by atoms with Crippen molar-refractivity contribution in [2.45, 2.75) is 25.7 Å². The number of hydrogen-bond donors (Lipinski definition) is 0. The van der Waals surface area contributed by atoms with Gasteiger partial charge in [-0.3, -0.25) is 0 Å². The summed E-state index contributed by atoms with van der Waals surface area (Å²) in [5.74, 6) is 0. The molecule has 2 rings (SSSR count). The van der Waals surface area contributed by atoms with E-state index in [2.05, 4.69) is 34.4 Å². The highest BCUT2D eigenvalue weighted by molar-refractivity contribution is 4.91. The summed E-state index contributed by atoms with van der Waals surface area (Å²) in [5.41, 5.74) is 0. The van der Waals surface area contributed by atoms with Crippen molar-refractivity contribution in [1.82, 2.24) is 9.80 Å². The first kappa shape index (κ1) is 8.67. The van der Waals surface area contributed by atoms with Gasteiger partial charge in [0.1, 0.15) is 0 Å². The quantitative estimate of drug-likeness (QED) is 0.639. The topological polar surface area (TPSA) is 6.48 Å². The molecule has 0 aromatic rings. The van der Waals surface area contributed by atoms with Crippen molar-refractivity contribution >= 4 is 0 Å². The molecule has 0 fully saturated rings. The van der Waals surface area contributed by atoms with Crippen LogP contribution in [0.5, 0.6) is 0 Å². The molecule has 13 heavy (non-hydrogen) atoms. The zero-order chi connectivity index (χ0) is 8.93. The average Bonchev–Trinajstić information content (AvgIpc) is 2.21. The van der Waals surface area contributed by atoms with E-state index in [-0.39, 0.29) is 0 Å². The lowest BCUT2D eigenvalue weighted by molar-refractivity contribution is 0.210. The fraction of sp³-hybridized carbons (Fsp3) is 0.636. The van der Waals surface area contributed by atoms with Gasteiger partial charge in [0.2, 0.25) is 0 Å². The molecule has 2 nitrogen and oxygen atoms in total. The maximum Gasteiger partial charge on any atom is 0.0892 e. The van der Waals surface area contributed by atoms with Gasteiger partial charge in [-0.25, -0.2) is 0 Å². The summed E-state index contributed by atoms with van der Waals surface area (Å²) >= 11 is 0. The third-order valence-corrected chi connectivity index (χ3v) is 2.63. The Bertz CT molecular complexity index is 186. The van der Waals surface area contributed by atoms with E-state index in [4.69, 9.17) is 0 Å². The molecule has 0 radical (unpaired) electrons. The fourth-order valence-corrected chi connectivity index (χ4v) is 1.89. The van der Waals surface area contributed by atoms with E-state index < -0.39 is 0 Å². The van der Waals surface area contributed by atoms with E-state index in [1.165, 1.54) is 38.8 Å². The highest BCUT2D eigenvalue weighted by Crippen LogP contribution is 2.10. The molecule has 72 valence electrons. The highest BCUT2D eigenvalue weighted by atomic mass is 15.3. The summed E-state index contributed by atoms with van der Waals surface area (Å²) in [6, 6.07) is 0. The van der Waals surface area contributed by atoms with Crippen molar-refractivity contribution in [3.05, 3.63) is 24.6 Å². The summed E-state index contributed by atoms with van der Waals surface area (Å²) in [6.07, 6.45) is 14.2. The minimum atomic E-state index is 1.08. The maximum absolute atomic E-state index is 2.40. The second-order valence-corrected chi connectivity index (χ2v) is 3.82. The Balaban J connectivity index is 1.82. The molecule has 0 N–H and O–H groups in total. The van der Waals surface area contributed by atoms with Gasteiger partial charge in [0, 0.05) is 13.1 Å². The fourth-order valence-electron chi connectivity index (χ4n) is 1.89. The Kier molecular flexibility index (Phi) is 2.90. The molecule has 0 saturated heterocycles. The first-order valence-corrected chi connectivity index (χ1v) is 5.26. The van der Waals surface area contributed by atoms with E-state index in [1.807, 2.05) is 0 Å². The first-order valence-electron chi connectivity index (χ1n) is 5.26. The van der Waals surface area contributed by atoms with E-state index >= 15 is 0 Å². The molecule has 0 saturated carbocycles. The normalized spacial score (nSPS) is 22.5. The smallest absolute Gasteiger partial charge is 0.0892 e. The Labute approximate surface area is 80.5 Å². The molecule has 2 aliphatic rings. The summed E-state index contributed by atoms with van der Waals surface area (Å²) < 4.78 is 0. The van der Waals surface area contributed by atoms with Crippen LogP contribution in [0, 0.1) is 0 Å². The molecule has 0 aromatic carbocycles. The number of allylic oxidation sites excluding steroid dienone is 2. The second-order valence-electron chi connectivity index (χ2n) is 3.82. The van der Waals surface area contributed by atoms with E-state index in [1.54, 1.807) is 0 Å². The van der Waals surface area contributed by atoms with Crippen LogP contribution in [0.1, 0.15) is 25.7 Å². The van der Waals surface area contributed by atoms with Gasteiger partial charge in [0.25, 0.3) is 0 Å². The number of hydrogen-bond acceptors (Lipinski definition) is 2. The van der Waals surface area contributed by atoms with Crippen LogP contribution in [0.3, 0.4) is 0 Å². The standard InChI is InChI=1S/C11H18N2/c1-3-7-12(8-4-1)11-13-9-5-2-6-10-13/h3,5,7,9H,1-2,4,6,8,10-11H2. The van der Waals surface area contributed by atoms with Gasteiger partial charge in [-0.1, -0.05) is 12.2 Å². The summed E-state index contributed by atoms with van der Waals surface area (Å²) in [7, 11) is 0. The molecule has 2 heterocycles. The number of nitrogens with zero attached hydrogens (tertiary/aromatic N) is 2. The van der Waals surface area contributed by atoms with E-state index in [9.17, 15) is 0 Å². The van der Waals surface area contributed by atoms with Crippen molar-refractivity contribution in [2.24, 2.45) is 0 Å². The van der Waals surface area contributed by atoms with Crippen LogP contribution in [0.2, 0.25) is 0 Å². The SMILES string of the molecule is C1=CN(CN2C=CCCC2)CCC1. The van der Waals surface area contributed by atoms with Gasteiger partial charge in [0.15, 0.2) is 0 Å². The predicted octanol–water partition coefficient (Wildman–Crippen LogP) is 2.16. The van der Waals surface area contributed by atoms with Gasteiger partial charge >= 0.3 is 0 Å². The summed E-state index contributed by atoms with van der Waals surface area (Å²) in [5, 5.41) is 0. The molecular formula is C11H18N2. The van der Waals surface area contributed by atoms with E-state index in [0.717, 1.165) is 6.67 Å². The average molecular weight is 178 g/mol. The molecule has 0 amide bonds. The zero-order valence-electron chi connectivity index (χ0n) is 8.15. The van der Waals surface area contributed by atoms with Crippen LogP contribution in [-0.2, 0) is 0 Å². The van der Waals surface area contributed by atoms with Crippen LogP contribution in [0.15, 0.2) is 24.6 Å². The van der Waals surface area contributed by atoms with Crippen molar-refractivity contribution in [2.75, 3.05) is 19.8 Å². The van der Waals surface area contributed by atoms with E-state index in [0.29, 0.717) is 0 Å². The molecule has 0 bridgehead atoms. The lowest BCUT2D eigenvalue weighted by Gasteiger charge is -2.31. The molecular weight excluding hydrogens is 160 g/mol. The van der Waals surface area contributed by atoms with Gasteiger partial charge in [0.05, 0.1) is 6.67 Å². The lowest BCUT2D eigenvalue weighted by Crippen LogP contribution is -2.34. The van der Waals surface area contributed by atoms with Crippen molar-refractivity contribution < 1.29 is 0 Å². The van der Waals surface area contributed by atoms with Gasteiger partial charge < -0.3 is 9.80 Å². The van der Waals surface area contributed by atoms with Crippen LogP contribution in [0.4, 0.5) is 0 Å². The van der Waals surface area contributed by atoms with Gasteiger partial charge in [-0.05, 0) is 38.1 Å². The third kappa shape index (κ3) is 2.51. The van der Waals surface area contributed by atoms with Crippen LogP contribution in [-0.4, -0.2) is 29.6 Å². The molecule has 2 heteroatoms. The largest absolute Gasteiger partial charge is 0.360 e. The molecule has 0 atom stereocenters. The summed E-state index contributed by atoms with van der Waals surface area (Å²) in [6.45, 7) is 3.52. The van der Waals surface area contributed by atoms with Crippen molar-refractivity contribution in [3.8, 4) is 0 Å². The minimum Gasteiger partial charge on any atom is -0.360 e. The third-order valence-electron chi connectivity index (χ3n) is 2.63. The number of rotatable bonds is 2. The molecule has 2 aliphatic heterocycles. The minimum absolute atomic E-state index is 1.08. The monoisotopic (exact) mass is 178 g/mol. The van der Waals surface area contributed by atoms with Crippen LogP contribution < -0.4 is 0 Å². The summed E-state index contributed by atoms with van der Waals surface area (Å²) in [4.78, 5) is 4.80. The Morgan fingerprint density at radius 2 is 1.38 bits per heavy atom. The van der Waals surface area contributed by atoms with Crippen molar-refractivity contribution in [1.29, 1.82) is 0 Å². The maximum atomic E-state index is 2.40. The lowest BCUT2D eigenvalue weighted by atomic mass is 10.2. The van der Waals surface area contributed by atoms with Crippen LogP contribution >= 0.6 is 0 Å². The molecule has 0 aliphatic carbocycles. The molecule has 0 spiro atoms. The molecule has 0 aromatic heterocycles. The second kappa shape index (κ2) is 4.35. The highest BCUT2D eigenvalue weighted by Gasteiger charge is 2.08. The van der Waals surface area contributed by atoms with Crippen LogP contribution in [0.25, 0.3) is 0 Å². The molecule has 0 unspecified atom stereocenters. The zero-order valence-corrected chi connectivity index (χ0v) is 8.15. The predicted molar refractivity (Wildman–Crippen MR) is 55.0 cm³/mol. The Hall–Kier alpha value is -0.920.